The quantitative estimate of drug-likeness (QED) is 0.438. The van der Waals surface area contributed by atoms with Gasteiger partial charge in [0, 0.05) is 13.0 Å². The van der Waals surface area contributed by atoms with E-state index in [1.165, 1.54) is 23.1 Å². The van der Waals surface area contributed by atoms with Crippen LogP contribution in [0.15, 0.2) is 18.2 Å². The number of rotatable bonds is 7. The number of ether oxygens (including phenoxy) is 1. The molecule has 0 N–H and O–H groups in total. The van der Waals surface area contributed by atoms with Crippen LogP contribution < -0.4 is 0 Å². The Hall–Kier alpha value is -2.68. The fraction of sp³-hybridized carbons (Fsp3) is 0.412. The van der Waals surface area contributed by atoms with Crippen LogP contribution in [0.5, 0.6) is 0 Å². The molecule has 0 aromatic heterocycles. The molecule has 120 valence electrons. The van der Waals surface area contributed by atoms with E-state index in [4.69, 9.17) is 10.00 Å². The van der Waals surface area contributed by atoms with Gasteiger partial charge in [-0.1, -0.05) is 13.3 Å². The molecule has 6 nitrogen and oxygen atoms in total. The summed E-state index contributed by atoms with van der Waals surface area (Å²) in [5, 5.41) is 8.43. The normalized spacial score (nSPS) is 13.0. The number of carbonyl (C=O) groups excluding carboxylic acids is 3. The number of unbranched alkanes of at least 4 members (excludes halogenated alkanes) is 2. The number of hydrogen-bond acceptors (Lipinski definition) is 5. The molecule has 0 spiro atoms. The smallest absolute Gasteiger partial charge is 0.338 e. The van der Waals surface area contributed by atoms with Crippen LogP contribution in [0.2, 0.25) is 0 Å². The first-order valence-corrected chi connectivity index (χ1v) is 7.64. The van der Waals surface area contributed by atoms with Crippen LogP contribution in [0.1, 0.15) is 63.7 Å². The number of nitriles is 1. The summed E-state index contributed by atoms with van der Waals surface area (Å²) in [5.74, 6) is -1.23. The van der Waals surface area contributed by atoms with Gasteiger partial charge in [0.15, 0.2) is 0 Å². The second-order valence-electron chi connectivity index (χ2n) is 5.27. The highest BCUT2D eigenvalue weighted by Crippen LogP contribution is 2.24. The van der Waals surface area contributed by atoms with Crippen LogP contribution in [0.25, 0.3) is 0 Å². The first-order valence-electron chi connectivity index (χ1n) is 7.64. The lowest BCUT2D eigenvalue weighted by atomic mass is 10.1. The molecule has 2 amide bonds. The number of nitrogens with zero attached hydrogens (tertiary/aromatic N) is 2. The molecule has 0 bridgehead atoms. The summed E-state index contributed by atoms with van der Waals surface area (Å²) >= 11 is 0. The van der Waals surface area contributed by atoms with Crippen molar-refractivity contribution in [2.75, 3.05) is 13.2 Å². The van der Waals surface area contributed by atoms with Gasteiger partial charge >= 0.3 is 5.97 Å². The van der Waals surface area contributed by atoms with Crippen molar-refractivity contribution in [2.24, 2.45) is 0 Å². The zero-order valence-corrected chi connectivity index (χ0v) is 13.0. The summed E-state index contributed by atoms with van der Waals surface area (Å²) in [6, 6.07) is 6.36. The van der Waals surface area contributed by atoms with Gasteiger partial charge in [-0.25, -0.2) is 4.79 Å². The number of hydrogen-bond donors (Lipinski definition) is 0. The molecule has 0 radical (unpaired) electrons. The van der Waals surface area contributed by atoms with Gasteiger partial charge in [-0.2, -0.15) is 5.26 Å². The topological polar surface area (TPSA) is 87.5 Å². The Kier molecular flexibility index (Phi) is 5.47. The van der Waals surface area contributed by atoms with Crippen LogP contribution in [0.4, 0.5) is 0 Å². The largest absolute Gasteiger partial charge is 0.462 e. The Balaban J connectivity index is 2.11. The molecule has 0 atom stereocenters. The van der Waals surface area contributed by atoms with E-state index >= 15 is 0 Å². The molecular weight excluding hydrogens is 296 g/mol. The highest BCUT2D eigenvalue weighted by molar-refractivity contribution is 6.21. The van der Waals surface area contributed by atoms with Gasteiger partial charge in [-0.05, 0) is 31.0 Å². The molecule has 1 aliphatic rings. The van der Waals surface area contributed by atoms with Crippen molar-refractivity contribution in [3.63, 3.8) is 0 Å². The maximum atomic E-state index is 12.3. The number of imide groups is 1. The van der Waals surface area contributed by atoms with Crippen LogP contribution in [-0.2, 0) is 4.74 Å². The van der Waals surface area contributed by atoms with Gasteiger partial charge in [0.1, 0.15) is 0 Å². The Morgan fingerprint density at radius 2 is 1.96 bits per heavy atom. The van der Waals surface area contributed by atoms with E-state index in [2.05, 4.69) is 0 Å². The molecular formula is C17H18N2O4. The maximum Gasteiger partial charge on any atom is 0.338 e. The summed E-state index contributed by atoms with van der Waals surface area (Å²) in [4.78, 5) is 37.7. The molecule has 1 aromatic carbocycles. The number of benzene rings is 1. The van der Waals surface area contributed by atoms with E-state index in [1.807, 2.05) is 13.0 Å². The van der Waals surface area contributed by atoms with E-state index in [9.17, 15) is 14.4 Å². The van der Waals surface area contributed by atoms with Gasteiger partial charge in [0.25, 0.3) is 11.8 Å². The molecule has 2 rings (SSSR count). The van der Waals surface area contributed by atoms with Crippen molar-refractivity contribution in [3.8, 4) is 6.07 Å². The molecule has 0 fully saturated rings. The fourth-order valence-corrected chi connectivity index (χ4v) is 2.34. The van der Waals surface area contributed by atoms with Crippen molar-refractivity contribution >= 4 is 17.8 Å². The second-order valence-corrected chi connectivity index (χ2v) is 5.27. The molecule has 0 unspecified atom stereocenters. The van der Waals surface area contributed by atoms with E-state index in [0.717, 1.165) is 12.8 Å². The lowest BCUT2D eigenvalue weighted by Gasteiger charge is -2.12. The summed E-state index contributed by atoms with van der Waals surface area (Å²) in [6.45, 7) is 2.52. The van der Waals surface area contributed by atoms with Crippen molar-refractivity contribution in [1.29, 1.82) is 5.26 Å². The fourth-order valence-electron chi connectivity index (χ4n) is 2.34. The number of amides is 2. The molecule has 23 heavy (non-hydrogen) atoms. The Morgan fingerprint density at radius 3 is 2.65 bits per heavy atom. The van der Waals surface area contributed by atoms with Gasteiger partial charge < -0.3 is 4.74 Å². The first-order chi connectivity index (χ1) is 11.1. The number of carbonyl (C=O) groups is 3. The van der Waals surface area contributed by atoms with E-state index in [0.29, 0.717) is 24.9 Å². The molecule has 0 aliphatic carbocycles. The van der Waals surface area contributed by atoms with Crippen molar-refractivity contribution < 1.29 is 19.1 Å². The van der Waals surface area contributed by atoms with Crippen LogP contribution in [-0.4, -0.2) is 35.8 Å². The summed E-state index contributed by atoms with van der Waals surface area (Å²) in [7, 11) is 0. The monoisotopic (exact) mass is 314 g/mol. The Labute approximate surface area is 134 Å². The minimum atomic E-state index is -0.557. The minimum Gasteiger partial charge on any atom is -0.462 e. The molecule has 1 aromatic rings. The predicted molar refractivity (Wildman–Crippen MR) is 81.8 cm³/mol. The maximum absolute atomic E-state index is 12.3. The molecule has 6 heteroatoms. The lowest BCUT2D eigenvalue weighted by molar-refractivity contribution is 0.0501. The Morgan fingerprint density at radius 1 is 1.22 bits per heavy atom. The van der Waals surface area contributed by atoms with Gasteiger partial charge in [-0.15, -0.1) is 0 Å². The van der Waals surface area contributed by atoms with Crippen LogP contribution in [0.3, 0.4) is 0 Å². The highest BCUT2D eigenvalue weighted by atomic mass is 16.5. The van der Waals surface area contributed by atoms with Crippen molar-refractivity contribution in [2.45, 2.75) is 32.6 Å². The van der Waals surface area contributed by atoms with E-state index in [1.54, 1.807) is 0 Å². The summed E-state index contributed by atoms with van der Waals surface area (Å²) < 4.78 is 5.04. The van der Waals surface area contributed by atoms with Crippen molar-refractivity contribution in [3.05, 3.63) is 34.9 Å². The third kappa shape index (κ3) is 3.57. The minimum absolute atomic E-state index is 0.152. The summed E-state index contributed by atoms with van der Waals surface area (Å²) in [6.07, 6.45) is 2.42. The third-order valence-corrected chi connectivity index (χ3v) is 3.61. The first kappa shape index (κ1) is 16.7. The molecule has 1 heterocycles. The molecule has 0 saturated heterocycles. The molecule has 0 saturated carbocycles. The number of esters is 1. The van der Waals surface area contributed by atoms with Gasteiger partial charge in [0.2, 0.25) is 0 Å². The SMILES string of the molecule is CCCCN1C(=O)c2ccc(C(=O)OCCCC#N)cc2C1=O. The average Bonchev–Trinajstić information content (AvgIpc) is 2.80. The Bertz CT molecular complexity index is 676. The van der Waals surface area contributed by atoms with Crippen LogP contribution >= 0.6 is 0 Å². The van der Waals surface area contributed by atoms with Crippen molar-refractivity contribution in [1.82, 2.24) is 4.90 Å². The van der Waals surface area contributed by atoms with E-state index in [-0.39, 0.29) is 29.5 Å². The average molecular weight is 314 g/mol. The van der Waals surface area contributed by atoms with Gasteiger partial charge in [-0.3, -0.25) is 14.5 Å². The van der Waals surface area contributed by atoms with Crippen LogP contribution in [0, 0.1) is 11.3 Å². The number of fused-ring (bicyclic) bond motifs is 1. The standard InChI is InChI=1S/C17H18N2O4/c1-2-3-9-19-15(20)13-7-6-12(11-14(13)16(19)21)17(22)23-10-5-4-8-18/h6-7,11H,2-5,9-10H2,1H3. The highest BCUT2D eigenvalue weighted by Gasteiger charge is 2.35. The second kappa shape index (κ2) is 7.54. The zero-order chi connectivity index (χ0) is 16.8. The zero-order valence-electron chi connectivity index (χ0n) is 13.0. The third-order valence-electron chi connectivity index (χ3n) is 3.61. The molecule has 1 aliphatic heterocycles. The predicted octanol–water partition coefficient (Wildman–Crippen LogP) is 2.54. The lowest BCUT2D eigenvalue weighted by Crippen LogP contribution is -2.30. The van der Waals surface area contributed by atoms with Gasteiger partial charge in [0.05, 0.1) is 29.4 Å². The summed E-state index contributed by atoms with van der Waals surface area (Å²) in [5.41, 5.74) is 0.809. The van der Waals surface area contributed by atoms with E-state index < -0.39 is 5.97 Å².